The summed E-state index contributed by atoms with van der Waals surface area (Å²) in [6.07, 6.45) is 5.21. The van der Waals surface area contributed by atoms with Crippen LogP contribution in [0.3, 0.4) is 0 Å². The topological polar surface area (TPSA) is 75.4 Å². The minimum absolute atomic E-state index is 0.0540. The van der Waals surface area contributed by atoms with Gasteiger partial charge in [-0.1, -0.05) is 0 Å². The van der Waals surface area contributed by atoms with Gasteiger partial charge < -0.3 is 5.11 Å². The van der Waals surface area contributed by atoms with Gasteiger partial charge in [0.1, 0.15) is 11.1 Å². The summed E-state index contributed by atoms with van der Waals surface area (Å²) >= 11 is 1.33. The molecular weight excluding hydrogens is 254 g/mol. The molecule has 1 N–H and O–H groups in total. The molecule has 2 aliphatic rings. The van der Waals surface area contributed by atoms with E-state index in [1.807, 2.05) is 0 Å². The van der Waals surface area contributed by atoms with Gasteiger partial charge in [-0.3, -0.25) is 14.4 Å². The molecule has 1 aromatic rings. The molecule has 3 rings (SSSR count). The van der Waals surface area contributed by atoms with Crippen molar-refractivity contribution in [1.29, 1.82) is 0 Å². The molecule has 0 bridgehead atoms. The number of carbonyl (C=O) groups is 2. The third kappa shape index (κ3) is 1.47. The van der Waals surface area contributed by atoms with E-state index in [-0.39, 0.29) is 17.0 Å². The second kappa shape index (κ2) is 3.74. The number of carbonyl (C=O) groups excluding carboxylic acids is 1. The molecule has 1 amide bonds. The van der Waals surface area contributed by atoms with Gasteiger partial charge in [0.2, 0.25) is 0 Å². The largest absolute Gasteiger partial charge is 0.477 e. The molecule has 18 heavy (non-hydrogen) atoms. The molecule has 7 heteroatoms. The number of carboxylic acids is 1. The Labute approximate surface area is 107 Å². The van der Waals surface area contributed by atoms with Gasteiger partial charge in [0.25, 0.3) is 5.91 Å². The summed E-state index contributed by atoms with van der Waals surface area (Å²) in [5, 5.41) is 14.2. The number of β-lactam (4-membered cyclic amide) rings is 1. The van der Waals surface area contributed by atoms with Crippen LogP contribution in [0.5, 0.6) is 0 Å². The monoisotopic (exact) mass is 263 g/mol. The Morgan fingerprint density at radius 2 is 2.39 bits per heavy atom. The highest BCUT2D eigenvalue weighted by Gasteiger charge is 2.49. The zero-order chi connectivity index (χ0) is 12.9. The second-order valence-corrected chi connectivity index (χ2v) is 4.97. The van der Waals surface area contributed by atoms with E-state index < -0.39 is 5.97 Å². The molecule has 92 valence electrons. The molecule has 1 atom stereocenters. The number of aromatic nitrogens is 2. The van der Waals surface area contributed by atoms with Crippen molar-refractivity contribution < 1.29 is 14.7 Å². The van der Waals surface area contributed by atoms with Crippen LogP contribution in [0, 0.1) is 0 Å². The van der Waals surface area contributed by atoms with Gasteiger partial charge in [0, 0.05) is 24.2 Å². The maximum atomic E-state index is 11.9. The Balaban J connectivity index is 1.86. The minimum atomic E-state index is -1.07. The fourth-order valence-electron chi connectivity index (χ4n) is 1.96. The van der Waals surface area contributed by atoms with Crippen molar-refractivity contribution in [2.45, 2.75) is 5.37 Å². The number of amides is 1. The Kier molecular flexibility index (Phi) is 2.30. The second-order valence-electron chi connectivity index (χ2n) is 4.02. The van der Waals surface area contributed by atoms with Gasteiger partial charge in [-0.15, -0.1) is 11.8 Å². The summed E-state index contributed by atoms with van der Waals surface area (Å²) in [5.74, 6) is -1.32. The summed E-state index contributed by atoms with van der Waals surface area (Å²) in [4.78, 5) is 24.1. The van der Waals surface area contributed by atoms with Gasteiger partial charge in [-0.05, 0) is 6.08 Å². The van der Waals surface area contributed by atoms with Crippen molar-refractivity contribution >= 4 is 29.7 Å². The third-order valence-corrected chi connectivity index (χ3v) is 3.88. The molecule has 0 spiro atoms. The Hall–Kier alpha value is -2.02. The first-order chi connectivity index (χ1) is 8.58. The average molecular weight is 263 g/mol. The number of carboxylic acid groups (broad SMARTS) is 1. The maximum absolute atomic E-state index is 11.9. The molecule has 0 aromatic carbocycles. The van der Waals surface area contributed by atoms with Gasteiger partial charge in [-0.25, -0.2) is 4.79 Å². The summed E-state index contributed by atoms with van der Waals surface area (Å²) < 4.78 is 1.65. The predicted octanol–water partition coefficient (Wildman–Crippen LogP) is 0.645. The predicted molar refractivity (Wildman–Crippen MR) is 65.1 cm³/mol. The lowest BCUT2D eigenvalue weighted by Crippen LogP contribution is -2.51. The number of aryl methyl sites for hydroxylation is 1. The maximum Gasteiger partial charge on any atom is 0.353 e. The van der Waals surface area contributed by atoms with Crippen LogP contribution in [0.25, 0.3) is 6.08 Å². The van der Waals surface area contributed by atoms with Crippen LogP contribution >= 0.6 is 11.8 Å². The quantitative estimate of drug-likeness (QED) is 0.626. The lowest BCUT2D eigenvalue weighted by molar-refractivity contribution is -0.141. The fraction of sp³-hybridized carbons (Fsp3) is 0.182. The summed E-state index contributed by atoms with van der Waals surface area (Å²) in [7, 11) is 1.80. The number of hydrogen-bond donors (Lipinski definition) is 1. The normalized spacial score (nSPS) is 23.9. The molecule has 1 aromatic heterocycles. The van der Waals surface area contributed by atoms with E-state index in [2.05, 4.69) is 5.10 Å². The number of nitrogens with zero attached hydrogens (tertiary/aromatic N) is 3. The molecule has 3 heterocycles. The summed E-state index contributed by atoms with van der Waals surface area (Å²) in [6.45, 7) is 0. The Morgan fingerprint density at radius 1 is 1.61 bits per heavy atom. The SMILES string of the molecule is Cn1cc(C=C2C(=O)N3C(C(=O)O)=CS[C@@H]23)cn1. The van der Waals surface area contributed by atoms with Crippen LogP contribution in [0.2, 0.25) is 0 Å². The van der Waals surface area contributed by atoms with Gasteiger partial charge in [0.05, 0.1) is 11.8 Å². The van der Waals surface area contributed by atoms with Crippen molar-refractivity contribution in [2.24, 2.45) is 7.05 Å². The van der Waals surface area contributed by atoms with Crippen molar-refractivity contribution in [1.82, 2.24) is 14.7 Å². The minimum Gasteiger partial charge on any atom is -0.477 e. The molecular formula is C11H9N3O3S. The summed E-state index contributed by atoms with van der Waals surface area (Å²) in [6, 6.07) is 0. The zero-order valence-electron chi connectivity index (χ0n) is 9.40. The van der Waals surface area contributed by atoms with E-state index in [1.165, 1.54) is 22.1 Å². The first-order valence-corrected chi connectivity index (χ1v) is 6.15. The summed E-state index contributed by atoms with van der Waals surface area (Å²) in [5.41, 5.74) is 1.50. The van der Waals surface area contributed by atoms with E-state index in [0.717, 1.165) is 5.56 Å². The number of rotatable bonds is 2. The lowest BCUT2D eigenvalue weighted by Gasteiger charge is -2.37. The van der Waals surface area contributed by atoms with Crippen LogP contribution in [0.4, 0.5) is 0 Å². The number of fused-ring (bicyclic) bond motifs is 1. The van der Waals surface area contributed by atoms with Crippen LogP contribution < -0.4 is 0 Å². The fourth-order valence-corrected chi connectivity index (χ4v) is 3.08. The number of thioether (sulfide) groups is 1. The van der Waals surface area contributed by atoms with Crippen LogP contribution in [-0.4, -0.2) is 37.0 Å². The molecule has 2 aliphatic heterocycles. The molecule has 0 unspecified atom stereocenters. The highest BCUT2D eigenvalue weighted by Crippen LogP contribution is 2.44. The van der Waals surface area contributed by atoms with E-state index in [0.29, 0.717) is 5.57 Å². The molecule has 1 fully saturated rings. The van der Waals surface area contributed by atoms with Crippen molar-refractivity contribution in [3.8, 4) is 0 Å². The van der Waals surface area contributed by atoms with Gasteiger partial charge in [0.15, 0.2) is 0 Å². The molecule has 0 radical (unpaired) electrons. The smallest absolute Gasteiger partial charge is 0.353 e. The van der Waals surface area contributed by atoms with Crippen LogP contribution in [0.15, 0.2) is 29.1 Å². The lowest BCUT2D eigenvalue weighted by atomic mass is 10.0. The van der Waals surface area contributed by atoms with Crippen LogP contribution in [-0.2, 0) is 16.6 Å². The number of hydrogen-bond acceptors (Lipinski definition) is 4. The molecule has 1 saturated heterocycles. The van der Waals surface area contributed by atoms with E-state index in [9.17, 15) is 9.59 Å². The van der Waals surface area contributed by atoms with Crippen molar-refractivity contribution in [2.75, 3.05) is 0 Å². The standard InChI is InChI=1S/C11H9N3O3S/c1-13-4-6(3-12-13)2-7-9(15)14-8(11(16)17)5-18-10(7)14/h2-5,10H,1H3,(H,16,17)/t10-/m0/s1. The van der Waals surface area contributed by atoms with Crippen LogP contribution in [0.1, 0.15) is 5.56 Å². The van der Waals surface area contributed by atoms with Gasteiger partial charge in [-0.2, -0.15) is 5.10 Å². The first-order valence-electron chi connectivity index (χ1n) is 5.20. The van der Waals surface area contributed by atoms with E-state index in [1.54, 1.807) is 30.2 Å². The van der Waals surface area contributed by atoms with Crippen molar-refractivity contribution in [3.05, 3.63) is 34.6 Å². The molecule has 0 saturated carbocycles. The molecule has 0 aliphatic carbocycles. The number of aliphatic carboxylic acids is 1. The Morgan fingerprint density at radius 3 is 3.00 bits per heavy atom. The Bertz CT molecular complexity index is 617. The zero-order valence-corrected chi connectivity index (χ0v) is 10.2. The third-order valence-electron chi connectivity index (χ3n) is 2.80. The average Bonchev–Trinajstić information content (AvgIpc) is 2.89. The molecule has 6 nitrogen and oxygen atoms in total. The van der Waals surface area contributed by atoms with Crippen molar-refractivity contribution in [3.63, 3.8) is 0 Å². The highest BCUT2D eigenvalue weighted by molar-refractivity contribution is 8.03. The van der Waals surface area contributed by atoms with Gasteiger partial charge >= 0.3 is 5.97 Å². The van der Waals surface area contributed by atoms with E-state index >= 15 is 0 Å². The highest BCUT2D eigenvalue weighted by atomic mass is 32.2. The van der Waals surface area contributed by atoms with E-state index in [4.69, 9.17) is 5.11 Å². The first kappa shape index (κ1) is 11.1.